The third-order valence-corrected chi connectivity index (χ3v) is 5.36. The van der Waals surface area contributed by atoms with E-state index in [1.165, 1.54) is 11.8 Å². The summed E-state index contributed by atoms with van der Waals surface area (Å²) in [7, 11) is 0. The fraction of sp³-hybridized carbons (Fsp3) is 0.476. The first kappa shape index (κ1) is 28.9. The molecule has 0 aliphatic rings. The molecule has 0 heterocycles. The number of hydrogen-bond donors (Lipinski definition) is 7. The van der Waals surface area contributed by atoms with Gasteiger partial charge in [0.15, 0.2) is 0 Å². The van der Waals surface area contributed by atoms with E-state index in [1.807, 2.05) is 0 Å². The van der Waals surface area contributed by atoms with Gasteiger partial charge in [-0.15, -0.1) is 0 Å². The Morgan fingerprint density at radius 2 is 1.50 bits per heavy atom. The maximum atomic E-state index is 13.1. The van der Waals surface area contributed by atoms with Crippen molar-refractivity contribution in [3.8, 4) is 0 Å². The number of benzene rings is 1. The number of aliphatic hydroxyl groups is 1. The van der Waals surface area contributed by atoms with Crippen LogP contribution in [-0.2, 0) is 30.4 Å². The smallest absolute Gasteiger partial charge is 0.326 e. The fourth-order valence-corrected chi connectivity index (χ4v) is 3.34. The Bertz CT molecular complexity index is 855. The highest BCUT2D eigenvalue weighted by molar-refractivity contribution is 7.98. The molecule has 0 bridgehead atoms. The van der Waals surface area contributed by atoms with Gasteiger partial charge in [-0.2, -0.15) is 11.8 Å². The van der Waals surface area contributed by atoms with E-state index in [0.29, 0.717) is 5.75 Å². The molecule has 1 rings (SSSR count). The Hall–Kier alpha value is -3.16. The number of hydrogen-bond acceptors (Lipinski definition) is 8. The molecule has 0 aliphatic heterocycles. The van der Waals surface area contributed by atoms with E-state index in [1.54, 1.807) is 36.6 Å². The average Bonchev–Trinajstić information content (AvgIpc) is 2.80. The molecule has 0 fully saturated rings. The minimum absolute atomic E-state index is 0.0762. The van der Waals surface area contributed by atoms with Crippen molar-refractivity contribution in [2.75, 3.05) is 18.6 Å². The van der Waals surface area contributed by atoms with E-state index in [9.17, 15) is 29.1 Å². The first-order chi connectivity index (χ1) is 16.1. The number of thioether (sulfide) groups is 1. The number of carboxylic acids is 1. The van der Waals surface area contributed by atoms with Crippen molar-refractivity contribution in [3.05, 3.63) is 35.9 Å². The summed E-state index contributed by atoms with van der Waals surface area (Å²) >= 11 is 1.40. The van der Waals surface area contributed by atoms with Crippen LogP contribution in [0.5, 0.6) is 0 Å². The topological polar surface area (TPSA) is 214 Å². The summed E-state index contributed by atoms with van der Waals surface area (Å²) < 4.78 is 0. The summed E-state index contributed by atoms with van der Waals surface area (Å²) in [5, 5.41) is 25.6. The number of carboxylic acid groups (broad SMARTS) is 1. The Kier molecular flexibility index (Phi) is 12.6. The van der Waals surface area contributed by atoms with Crippen LogP contribution in [0.4, 0.5) is 0 Å². The highest BCUT2D eigenvalue weighted by atomic mass is 32.2. The summed E-state index contributed by atoms with van der Waals surface area (Å²) in [5.41, 5.74) is 11.3. The molecular formula is C21H31N5O7S. The lowest BCUT2D eigenvalue weighted by Gasteiger charge is -2.25. The SMILES string of the molecule is CSCCC(NC(=O)C(Cc1ccccc1)NC(=O)C(N)CO)C(=O)NC(CC(N)=O)C(=O)O. The van der Waals surface area contributed by atoms with Gasteiger partial charge in [0.1, 0.15) is 24.2 Å². The van der Waals surface area contributed by atoms with Gasteiger partial charge in [0, 0.05) is 6.42 Å². The molecule has 4 unspecified atom stereocenters. The van der Waals surface area contributed by atoms with E-state index in [0.717, 1.165) is 5.56 Å². The first-order valence-electron chi connectivity index (χ1n) is 10.4. The lowest BCUT2D eigenvalue weighted by atomic mass is 10.0. The molecule has 12 nitrogen and oxygen atoms in total. The van der Waals surface area contributed by atoms with Crippen molar-refractivity contribution in [2.45, 2.75) is 43.4 Å². The fourth-order valence-electron chi connectivity index (χ4n) is 2.87. The van der Waals surface area contributed by atoms with Crippen molar-refractivity contribution in [2.24, 2.45) is 11.5 Å². The normalized spacial score (nSPS) is 14.2. The summed E-state index contributed by atoms with van der Waals surface area (Å²) in [6.07, 6.45) is 1.41. The second-order valence-electron chi connectivity index (χ2n) is 7.45. The van der Waals surface area contributed by atoms with Crippen LogP contribution in [0.25, 0.3) is 0 Å². The molecule has 0 spiro atoms. The molecule has 1 aromatic carbocycles. The van der Waals surface area contributed by atoms with E-state index >= 15 is 0 Å². The van der Waals surface area contributed by atoms with E-state index < -0.39 is 66.8 Å². The molecule has 0 aliphatic carbocycles. The van der Waals surface area contributed by atoms with E-state index in [2.05, 4.69) is 16.0 Å². The van der Waals surface area contributed by atoms with Crippen molar-refractivity contribution < 1.29 is 34.2 Å². The highest BCUT2D eigenvalue weighted by Crippen LogP contribution is 2.07. The molecule has 4 amide bonds. The Balaban J connectivity index is 3.06. The van der Waals surface area contributed by atoms with Gasteiger partial charge >= 0.3 is 5.97 Å². The molecule has 4 atom stereocenters. The molecule has 13 heteroatoms. The summed E-state index contributed by atoms with van der Waals surface area (Å²) in [4.78, 5) is 60.5. The number of aliphatic hydroxyl groups excluding tert-OH is 1. The van der Waals surface area contributed by atoms with Crippen molar-refractivity contribution >= 4 is 41.4 Å². The number of rotatable bonds is 15. The van der Waals surface area contributed by atoms with Gasteiger partial charge in [0.2, 0.25) is 23.6 Å². The average molecular weight is 498 g/mol. The Labute approximate surface area is 201 Å². The minimum atomic E-state index is -1.55. The lowest BCUT2D eigenvalue weighted by molar-refractivity contribution is -0.143. The van der Waals surface area contributed by atoms with Crippen LogP contribution in [-0.4, -0.2) is 82.6 Å². The van der Waals surface area contributed by atoms with Gasteiger partial charge in [-0.3, -0.25) is 19.2 Å². The zero-order valence-electron chi connectivity index (χ0n) is 18.7. The van der Waals surface area contributed by atoms with Crippen LogP contribution < -0.4 is 27.4 Å². The molecule has 1 aromatic rings. The van der Waals surface area contributed by atoms with Crippen molar-refractivity contribution in [1.29, 1.82) is 0 Å². The highest BCUT2D eigenvalue weighted by Gasteiger charge is 2.30. The van der Waals surface area contributed by atoms with Crippen LogP contribution in [0.1, 0.15) is 18.4 Å². The molecule has 0 saturated heterocycles. The van der Waals surface area contributed by atoms with Crippen molar-refractivity contribution in [3.63, 3.8) is 0 Å². The molecule has 9 N–H and O–H groups in total. The number of nitrogens with two attached hydrogens (primary N) is 2. The summed E-state index contributed by atoms with van der Waals surface area (Å²) in [6, 6.07) is 3.72. The van der Waals surface area contributed by atoms with Crippen LogP contribution in [0, 0.1) is 0 Å². The van der Waals surface area contributed by atoms with Crippen molar-refractivity contribution in [1.82, 2.24) is 16.0 Å². The molecular weight excluding hydrogens is 466 g/mol. The quantitative estimate of drug-likeness (QED) is 0.139. The van der Waals surface area contributed by atoms with Crippen LogP contribution in [0.2, 0.25) is 0 Å². The van der Waals surface area contributed by atoms with Gasteiger partial charge in [-0.1, -0.05) is 30.3 Å². The molecule has 34 heavy (non-hydrogen) atoms. The summed E-state index contributed by atoms with van der Waals surface area (Å²) in [5.74, 6) is -4.18. The van der Waals surface area contributed by atoms with E-state index in [-0.39, 0.29) is 12.8 Å². The number of nitrogens with one attached hydrogen (secondary N) is 3. The van der Waals surface area contributed by atoms with Gasteiger partial charge in [0.05, 0.1) is 13.0 Å². The Morgan fingerprint density at radius 1 is 0.941 bits per heavy atom. The number of aliphatic carboxylic acids is 1. The molecule has 188 valence electrons. The third-order valence-electron chi connectivity index (χ3n) is 4.71. The van der Waals surface area contributed by atoms with Crippen LogP contribution in [0.15, 0.2) is 30.3 Å². The molecule has 0 aromatic heterocycles. The maximum Gasteiger partial charge on any atom is 0.326 e. The lowest BCUT2D eigenvalue weighted by Crippen LogP contribution is -2.58. The van der Waals surface area contributed by atoms with Gasteiger partial charge in [-0.05, 0) is 24.0 Å². The first-order valence-corrected chi connectivity index (χ1v) is 11.8. The van der Waals surface area contributed by atoms with E-state index in [4.69, 9.17) is 16.6 Å². The predicted octanol–water partition coefficient (Wildman–Crippen LogP) is -2.28. The van der Waals surface area contributed by atoms with Crippen LogP contribution in [0.3, 0.4) is 0 Å². The zero-order chi connectivity index (χ0) is 25.7. The van der Waals surface area contributed by atoms with Gasteiger partial charge < -0.3 is 37.6 Å². The van der Waals surface area contributed by atoms with Gasteiger partial charge in [0.25, 0.3) is 0 Å². The zero-order valence-corrected chi connectivity index (χ0v) is 19.5. The number of carbonyl (C=O) groups excluding carboxylic acids is 4. The maximum absolute atomic E-state index is 13.1. The standard InChI is InChI=1S/C21H31N5O7S/c1-34-8-7-14(19(30)26-16(21(32)33)10-17(23)28)24-20(31)15(25-18(29)13(22)11-27)9-12-5-3-2-4-6-12/h2-6,13-16,27H,7-11,22H2,1H3,(H2,23,28)(H,24,31)(H,25,29)(H,26,30)(H,32,33). The Morgan fingerprint density at radius 3 is 2.03 bits per heavy atom. The third kappa shape index (κ3) is 10.2. The number of carbonyl (C=O) groups is 5. The molecule has 0 radical (unpaired) electrons. The summed E-state index contributed by atoms with van der Waals surface area (Å²) in [6.45, 7) is -0.624. The second kappa shape index (κ2) is 14.9. The predicted molar refractivity (Wildman–Crippen MR) is 125 cm³/mol. The van der Waals surface area contributed by atoms with Gasteiger partial charge in [-0.25, -0.2) is 4.79 Å². The number of primary amides is 1. The number of amides is 4. The minimum Gasteiger partial charge on any atom is -0.480 e. The van der Waals surface area contributed by atoms with Crippen LogP contribution >= 0.6 is 11.8 Å². The molecule has 0 saturated carbocycles. The largest absolute Gasteiger partial charge is 0.480 e. The second-order valence-corrected chi connectivity index (χ2v) is 8.44. The monoisotopic (exact) mass is 497 g/mol.